The molecule has 1 aromatic rings. The first-order valence-electron chi connectivity index (χ1n) is 8.71. The summed E-state index contributed by atoms with van der Waals surface area (Å²) in [4.78, 5) is 24.2. The minimum Gasteiger partial charge on any atom is -0.382 e. The van der Waals surface area contributed by atoms with E-state index in [4.69, 9.17) is 4.74 Å². The van der Waals surface area contributed by atoms with Gasteiger partial charge in [-0.25, -0.2) is 9.18 Å². The Bertz CT molecular complexity index is 523. The molecule has 0 bridgehead atoms. The van der Waals surface area contributed by atoms with Crippen molar-refractivity contribution in [2.45, 2.75) is 45.7 Å². The molecule has 0 aliphatic heterocycles. The smallest absolute Gasteiger partial charge is 0.315 e. The van der Waals surface area contributed by atoms with Crippen molar-refractivity contribution in [1.29, 1.82) is 0 Å². The minimum atomic E-state index is -0.578. The third-order valence-corrected chi connectivity index (χ3v) is 3.53. The van der Waals surface area contributed by atoms with E-state index in [0.717, 1.165) is 18.4 Å². The van der Waals surface area contributed by atoms with E-state index >= 15 is 0 Å². The Balaban J connectivity index is 2.37. The van der Waals surface area contributed by atoms with Crippen LogP contribution in [0.15, 0.2) is 24.3 Å². The molecule has 0 aliphatic rings. The van der Waals surface area contributed by atoms with Crippen LogP contribution in [0, 0.1) is 5.82 Å². The van der Waals surface area contributed by atoms with E-state index in [2.05, 4.69) is 16.0 Å². The van der Waals surface area contributed by atoms with Crippen molar-refractivity contribution < 1.29 is 18.7 Å². The second-order valence-corrected chi connectivity index (χ2v) is 5.64. The summed E-state index contributed by atoms with van der Waals surface area (Å²) in [6.45, 7) is 5.90. The molecule has 0 fully saturated rings. The molecule has 0 spiro atoms. The molecule has 0 saturated heterocycles. The molecule has 0 radical (unpaired) electrons. The van der Waals surface area contributed by atoms with Gasteiger partial charge in [-0.05, 0) is 37.5 Å². The Morgan fingerprint density at radius 2 is 1.88 bits per heavy atom. The zero-order chi connectivity index (χ0) is 18.5. The van der Waals surface area contributed by atoms with Gasteiger partial charge in [0.2, 0.25) is 5.91 Å². The molecule has 1 rings (SSSR count). The Labute approximate surface area is 148 Å². The van der Waals surface area contributed by atoms with Gasteiger partial charge >= 0.3 is 6.03 Å². The molecule has 25 heavy (non-hydrogen) atoms. The van der Waals surface area contributed by atoms with Gasteiger partial charge in [0.05, 0.1) is 0 Å². The van der Waals surface area contributed by atoms with Gasteiger partial charge < -0.3 is 20.7 Å². The molecule has 140 valence electrons. The van der Waals surface area contributed by atoms with Crippen molar-refractivity contribution in [2.75, 3.05) is 19.8 Å². The monoisotopic (exact) mass is 353 g/mol. The Morgan fingerprint density at radius 1 is 1.16 bits per heavy atom. The summed E-state index contributed by atoms with van der Waals surface area (Å²) < 4.78 is 18.1. The van der Waals surface area contributed by atoms with Crippen LogP contribution >= 0.6 is 0 Å². The summed E-state index contributed by atoms with van der Waals surface area (Å²) in [5.41, 5.74) is 0.781. The number of ether oxygens (including phenoxy) is 1. The average Bonchev–Trinajstić information content (AvgIpc) is 2.60. The van der Waals surface area contributed by atoms with Gasteiger partial charge in [-0.1, -0.05) is 25.5 Å². The number of hydrogen-bond acceptors (Lipinski definition) is 3. The van der Waals surface area contributed by atoms with Crippen LogP contribution in [0.2, 0.25) is 0 Å². The van der Waals surface area contributed by atoms with Crippen LogP contribution in [0.4, 0.5) is 9.18 Å². The van der Waals surface area contributed by atoms with Gasteiger partial charge in [-0.15, -0.1) is 0 Å². The number of carbonyl (C=O) groups excluding carboxylic acids is 2. The Kier molecular flexibility index (Phi) is 10.2. The van der Waals surface area contributed by atoms with Crippen LogP contribution in [0.25, 0.3) is 0 Å². The van der Waals surface area contributed by atoms with Gasteiger partial charge in [0, 0.05) is 26.3 Å². The molecule has 0 saturated carbocycles. The van der Waals surface area contributed by atoms with Gasteiger partial charge in [-0.2, -0.15) is 0 Å². The number of benzene rings is 1. The van der Waals surface area contributed by atoms with Crippen LogP contribution in [0.3, 0.4) is 0 Å². The molecule has 7 heteroatoms. The van der Waals surface area contributed by atoms with Crippen molar-refractivity contribution in [2.24, 2.45) is 0 Å². The molecular weight excluding hydrogens is 325 g/mol. The minimum absolute atomic E-state index is 0.199. The lowest BCUT2D eigenvalue weighted by Gasteiger charge is -2.18. The highest BCUT2D eigenvalue weighted by molar-refractivity contribution is 5.86. The summed E-state index contributed by atoms with van der Waals surface area (Å²) in [5.74, 6) is -0.521. The predicted molar refractivity (Wildman–Crippen MR) is 94.6 cm³/mol. The lowest BCUT2D eigenvalue weighted by Crippen LogP contribution is -2.50. The summed E-state index contributed by atoms with van der Waals surface area (Å²) in [5, 5.41) is 8.17. The lowest BCUT2D eigenvalue weighted by atomic mass is 10.1. The van der Waals surface area contributed by atoms with Crippen LogP contribution in [0.1, 0.15) is 38.7 Å². The highest BCUT2D eigenvalue weighted by atomic mass is 19.1. The van der Waals surface area contributed by atoms with Gasteiger partial charge in [-0.3, -0.25) is 4.79 Å². The molecule has 3 N–H and O–H groups in total. The fourth-order valence-electron chi connectivity index (χ4n) is 2.20. The van der Waals surface area contributed by atoms with Crippen molar-refractivity contribution in [1.82, 2.24) is 16.0 Å². The van der Waals surface area contributed by atoms with E-state index in [0.29, 0.717) is 26.2 Å². The zero-order valence-corrected chi connectivity index (χ0v) is 14.9. The molecule has 6 nitrogen and oxygen atoms in total. The maximum absolute atomic E-state index is 12.8. The van der Waals surface area contributed by atoms with Crippen LogP contribution in [0.5, 0.6) is 0 Å². The molecule has 0 aliphatic carbocycles. The number of urea groups is 1. The number of halogens is 1. The number of rotatable bonds is 11. The number of hydrogen-bond donors (Lipinski definition) is 3. The first-order valence-corrected chi connectivity index (χ1v) is 8.71. The molecule has 1 aromatic carbocycles. The molecular formula is C18H28FN3O3. The quantitative estimate of drug-likeness (QED) is 0.534. The normalized spacial score (nSPS) is 11.6. The molecule has 1 unspecified atom stereocenters. The van der Waals surface area contributed by atoms with Crippen molar-refractivity contribution >= 4 is 11.9 Å². The van der Waals surface area contributed by atoms with Gasteiger partial charge in [0.15, 0.2) is 0 Å². The summed E-state index contributed by atoms with van der Waals surface area (Å²) in [7, 11) is 0. The van der Waals surface area contributed by atoms with E-state index in [-0.39, 0.29) is 18.3 Å². The van der Waals surface area contributed by atoms with Gasteiger partial charge in [0.25, 0.3) is 0 Å². The maximum atomic E-state index is 12.8. The van der Waals surface area contributed by atoms with Crippen molar-refractivity contribution in [3.05, 3.63) is 35.6 Å². The van der Waals surface area contributed by atoms with Crippen LogP contribution < -0.4 is 16.0 Å². The first-order chi connectivity index (χ1) is 12.1. The van der Waals surface area contributed by atoms with Crippen LogP contribution in [-0.2, 0) is 16.1 Å². The fraction of sp³-hybridized carbons (Fsp3) is 0.556. The van der Waals surface area contributed by atoms with E-state index in [1.165, 1.54) is 12.1 Å². The maximum Gasteiger partial charge on any atom is 0.315 e. The first kappa shape index (κ1) is 20.9. The van der Waals surface area contributed by atoms with E-state index < -0.39 is 12.1 Å². The third-order valence-electron chi connectivity index (χ3n) is 3.53. The standard InChI is InChI=1S/C18H28FN3O3/c1-3-6-16(17(23)20-11-5-12-25-4-2)22-18(24)21-13-14-7-9-15(19)10-8-14/h7-10,16H,3-6,11-13H2,1-2H3,(H,20,23)(H2,21,22,24). The fourth-order valence-corrected chi connectivity index (χ4v) is 2.20. The highest BCUT2D eigenvalue weighted by Gasteiger charge is 2.19. The van der Waals surface area contributed by atoms with Gasteiger partial charge in [0.1, 0.15) is 11.9 Å². The lowest BCUT2D eigenvalue weighted by molar-refractivity contribution is -0.123. The number of carbonyl (C=O) groups is 2. The predicted octanol–water partition coefficient (Wildman–Crippen LogP) is 2.34. The molecule has 1 atom stereocenters. The number of amides is 3. The summed E-state index contributed by atoms with van der Waals surface area (Å²) in [6, 6.07) is 4.88. The second-order valence-electron chi connectivity index (χ2n) is 5.64. The number of nitrogens with one attached hydrogen (secondary N) is 3. The topological polar surface area (TPSA) is 79.5 Å². The van der Waals surface area contributed by atoms with Crippen molar-refractivity contribution in [3.63, 3.8) is 0 Å². The summed E-state index contributed by atoms with van der Waals surface area (Å²) >= 11 is 0. The Morgan fingerprint density at radius 3 is 2.52 bits per heavy atom. The second kappa shape index (κ2) is 12.2. The highest BCUT2D eigenvalue weighted by Crippen LogP contribution is 2.02. The average molecular weight is 353 g/mol. The zero-order valence-electron chi connectivity index (χ0n) is 14.9. The Hall–Kier alpha value is -2.15. The van der Waals surface area contributed by atoms with E-state index in [9.17, 15) is 14.0 Å². The molecule has 0 aromatic heterocycles. The van der Waals surface area contributed by atoms with Crippen molar-refractivity contribution in [3.8, 4) is 0 Å². The SMILES string of the molecule is CCCC(NC(=O)NCc1ccc(F)cc1)C(=O)NCCCOCC. The van der Waals surface area contributed by atoms with Crippen LogP contribution in [-0.4, -0.2) is 37.7 Å². The molecule has 0 heterocycles. The van der Waals surface area contributed by atoms with E-state index in [1.807, 2.05) is 13.8 Å². The molecule has 3 amide bonds. The largest absolute Gasteiger partial charge is 0.382 e. The third kappa shape index (κ3) is 9.05. The summed E-state index contributed by atoms with van der Waals surface area (Å²) in [6.07, 6.45) is 2.06. The van der Waals surface area contributed by atoms with E-state index in [1.54, 1.807) is 12.1 Å².